The summed E-state index contributed by atoms with van der Waals surface area (Å²) in [5.41, 5.74) is 8.14. The Kier molecular flexibility index (Phi) is 3.08. The molecule has 1 unspecified atom stereocenters. The lowest BCUT2D eigenvalue weighted by Gasteiger charge is -1.99. The number of thiazole rings is 1. The Hall–Kier alpha value is -1.27. The number of aryl methyl sites for hydroxylation is 1. The number of aromatic nitrogens is 3. The second kappa shape index (κ2) is 4.50. The van der Waals surface area contributed by atoms with Crippen LogP contribution in [-0.4, -0.2) is 21.2 Å². The lowest BCUT2D eigenvalue weighted by atomic mass is 10.2. The standard InChI is InChI=1S/C9H12N4OS/c1-6(10)2-3-8-12-9(13-14-8)7-4-15-5-11-7/h4-6H,2-3,10H2,1H3. The maximum absolute atomic E-state index is 5.64. The Morgan fingerprint density at radius 1 is 1.60 bits per heavy atom. The number of nitrogens with two attached hydrogens (primary N) is 1. The van der Waals surface area contributed by atoms with Gasteiger partial charge in [0.2, 0.25) is 11.7 Å². The molecule has 2 heterocycles. The molecule has 0 bridgehead atoms. The first-order chi connectivity index (χ1) is 7.25. The fraction of sp³-hybridized carbons (Fsp3) is 0.444. The Labute approximate surface area is 91.3 Å². The van der Waals surface area contributed by atoms with Crippen molar-refractivity contribution in [2.45, 2.75) is 25.8 Å². The summed E-state index contributed by atoms with van der Waals surface area (Å²) in [6, 6.07) is 0.152. The van der Waals surface area contributed by atoms with Crippen LogP contribution in [0.3, 0.4) is 0 Å². The molecule has 80 valence electrons. The lowest BCUT2D eigenvalue weighted by molar-refractivity contribution is 0.372. The second-order valence-electron chi connectivity index (χ2n) is 3.40. The largest absolute Gasteiger partial charge is 0.339 e. The minimum absolute atomic E-state index is 0.152. The van der Waals surface area contributed by atoms with Crippen LogP contribution in [0.5, 0.6) is 0 Å². The average molecular weight is 224 g/mol. The molecule has 0 radical (unpaired) electrons. The zero-order chi connectivity index (χ0) is 10.7. The van der Waals surface area contributed by atoms with Gasteiger partial charge in [-0.05, 0) is 13.3 Å². The molecule has 0 aliphatic rings. The van der Waals surface area contributed by atoms with Gasteiger partial charge < -0.3 is 10.3 Å². The first kappa shape index (κ1) is 10.3. The summed E-state index contributed by atoms with van der Waals surface area (Å²) in [6.45, 7) is 1.96. The van der Waals surface area contributed by atoms with Crippen LogP contribution >= 0.6 is 11.3 Å². The van der Waals surface area contributed by atoms with Gasteiger partial charge in [0.15, 0.2) is 0 Å². The third-order valence-electron chi connectivity index (χ3n) is 1.94. The maximum atomic E-state index is 5.64. The van der Waals surface area contributed by atoms with Crippen molar-refractivity contribution < 1.29 is 4.52 Å². The summed E-state index contributed by atoms with van der Waals surface area (Å²) in [7, 11) is 0. The highest BCUT2D eigenvalue weighted by atomic mass is 32.1. The molecule has 2 aromatic rings. The summed E-state index contributed by atoms with van der Waals surface area (Å²) in [4.78, 5) is 8.34. The summed E-state index contributed by atoms with van der Waals surface area (Å²) >= 11 is 1.51. The Morgan fingerprint density at radius 3 is 3.13 bits per heavy atom. The first-order valence-electron chi connectivity index (χ1n) is 4.72. The van der Waals surface area contributed by atoms with Crippen molar-refractivity contribution in [1.29, 1.82) is 0 Å². The summed E-state index contributed by atoms with van der Waals surface area (Å²) in [5, 5.41) is 5.74. The highest BCUT2D eigenvalue weighted by Crippen LogP contribution is 2.15. The molecule has 0 aliphatic heterocycles. The number of nitrogens with zero attached hydrogens (tertiary/aromatic N) is 3. The van der Waals surface area contributed by atoms with E-state index in [2.05, 4.69) is 15.1 Å². The van der Waals surface area contributed by atoms with E-state index in [1.165, 1.54) is 11.3 Å². The van der Waals surface area contributed by atoms with Crippen molar-refractivity contribution in [1.82, 2.24) is 15.1 Å². The summed E-state index contributed by atoms with van der Waals surface area (Å²) < 4.78 is 5.09. The number of hydrogen-bond acceptors (Lipinski definition) is 6. The molecule has 0 fully saturated rings. The molecular formula is C9H12N4OS. The molecule has 0 aromatic carbocycles. The highest BCUT2D eigenvalue weighted by molar-refractivity contribution is 7.07. The van der Waals surface area contributed by atoms with E-state index in [4.69, 9.17) is 10.3 Å². The molecule has 0 saturated heterocycles. The Bertz CT molecular complexity index is 409. The maximum Gasteiger partial charge on any atom is 0.227 e. The van der Waals surface area contributed by atoms with Gasteiger partial charge in [-0.25, -0.2) is 4.98 Å². The van der Waals surface area contributed by atoms with Crippen LogP contribution in [0.15, 0.2) is 15.4 Å². The van der Waals surface area contributed by atoms with E-state index in [1.807, 2.05) is 12.3 Å². The molecule has 15 heavy (non-hydrogen) atoms. The van der Waals surface area contributed by atoms with Gasteiger partial charge in [-0.3, -0.25) is 0 Å². The van der Waals surface area contributed by atoms with Crippen LogP contribution in [-0.2, 0) is 6.42 Å². The summed E-state index contributed by atoms with van der Waals surface area (Å²) in [6.07, 6.45) is 1.56. The van der Waals surface area contributed by atoms with Crippen molar-refractivity contribution >= 4 is 11.3 Å². The van der Waals surface area contributed by atoms with Crippen LogP contribution in [0, 0.1) is 0 Å². The first-order valence-corrected chi connectivity index (χ1v) is 5.66. The van der Waals surface area contributed by atoms with E-state index in [0.717, 1.165) is 18.5 Å². The van der Waals surface area contributed by atoms with Gasteiger partial charge in [0, 0.05) is 17.8 Å². The summed E-state index contributed by atoms with van der Waals surface area (Å²) in [5.74, 6) is 1.17. The minimum Gasteiger partial charge on any atom is -0.339 e. The van der Waals surface area contributed by atoms with Crippen molar-refractivity contribution in [3.8, 4) is 11.5 Å². The fourth-order valence-corrected chi connectivity index (χ4v) is 1.66. The van der Waals surface area contributed by atoms with Crippen molar-refractivity contribution in [2.24, 2.45) is 5.73 Å². The topological polar surface area (TPSA) is 77.8 Å². The molecule has 0 saturated carbocycles. The second-order valence-corrected chi connectivity index (χ2v) is 4.12. The monoisotopic (exact) mass is 224 g/mol. The molecule has 0 aliphatic carbocycles. The fourth-order valence-electron chi connectivity index (χ4n) is 1.13. The van der Waals surface area contributed by atoms with Crippen LogP contribution in [0.1, 0.15) is 19.2 Å². The van der Waals surface area contributed by atoms with Gasteiger partial charge in [-0.15, -0.1) is 11.3 Å². The third kappa shape index (κ3) is 2.60. The van der Waals surface area contributed by atoms with Gasteiger partial charge in [0.1, 0.15) is 5.69 Å². The van der Waals surface area contributed by atoms with E-state index in [9.17, 15) is 0 Å². The van der Waals surface area contributed by atoms with Crippen molar-refractivity contribution in [3.05, 3.63) is 16.8 Å². The zero-order valence-electron chi connectivity index (χ0n) is 8.38. The third-order valence-corrected chi connectivity index (χ3v) is 2.53. The predicted molar refractivity (Wildman–Crippen MR) is 57.4 cm³/mol. The molecule has 0 amide bonds. The van der Waals surface area contributed by atoms with E-state index in [-0.39, 0.29) is 6.04 Å². The predicted octanol–water partition coefficient (Wildman–Crippen LogP) is 1.47. The van der Waals surface area contributed by atoms with Gasteiger partial charge in [0.05, 0.1) is 5.51 Å². The van der Waals surface area contributed by atoms with Gasteiger partial charge in [-0.1, -0.05) is 5.16 Å². The quantitative estimate of drug-likeness (QED) is 0.850. The minimum atomic E-state index is 0.152. The lowest BCUT2D eigenvalue weighted by Crippen LogP contribution is -2.15. The van der Waals surface area contributed by atoms with Crippen LogP contribution in [0.4, 0.5) is 0 Å². The highest BCUT2D eigenvalue weighted by Gasteiger charge is 2.10. The van der Waals surface area contributed by atoms with Gasteiger partial charge in [-0.2, -0.15) is 4.98 Å². The molecule has 2 N–H and O–H groups in total. The molecule has 1 atom stereocenters. The van der Waals surface area contributed by atoms with Gasteiger partial charge >= 0.3 is 0 Å². The smallest absolute Gasteiger partial charge is 0.227 e. The molecule has 5 nitrogen and oxygen atoms in total. The molecule has 2 aromatic heterocycles. The molecular weight excluding hydrogens is 212 g/mol. The van der Waals surface area contributed by atoms with Gasteiger partial charge in [0.25, 0.3) is 0 Å². The van der Waals surface area contributed by atoms with Crippen LogP contribution in [0.25, 0.3) is 11.5 Å². The average Bonchev–Trinajstić information content (AvgIpc) is 2.85. The SMILES string of the molecule is CC(N)CCc1nc(-c2cscn2)no1. The van der Waals surface area contributed by atoms with Crippen LogP contribution < -0.4 is 5.73 Å². The molecule has 6 heteroatoms. The molecule has 0 spiro atoms. The zero-order valence-corrected chi connectivity index (χ0v) is 9.20. The van der Waals surface area contributed by atoms with E-state index >= 15 is 0 Å². The Balaban J connectivity index is 2.04. The van der Waals surface area contributed by atoms with E-state index < -0.39 is 0 Å². The number of rotatable bonds is 4. The van der Waals surface area contributed by atoms with Crippen molar-refractivity contribution in [3.63, 3.8) is 0 Å². The molecule has 2 rings (SSSR count). The van der Waals surface area contributed by atoms with E-state index in [1.54, 1.807) is 5.51 Å². The Morgan fingerprint density at radius 2 is 2.47 bits per heavy atom. The van der Waals surface area contributed by atoms with Crippen LogP contribution in [0.2, 0.25) is 0 Å². The van der Waals surface area contributed by atoms with E-state index in [0.29, 0.717) is 11.7 Å². The normalized spacial score (nSPS) is 12.9. The number of hydrogen-bond donors (Lipinski definition) is 1. The van der Waals surface area contributed by atoms with Crippen molar-refractivity contribution in [2.75, 3.05) is 0 Å².